The third-order valence-corrected chi connectivity index (χ3v) is 6.31. The number of pyridine rings is 1. The second kappa shape index (κ2) is 5.38. The van der Waals surface area contributed by atoms with Crippen LogP contribution >= 0.6 is 11.8 Å². The Balaban J connectivity index is 2.17. The molecule has 5 nitrogen and oxygen atoms in total. The second-order valence-corrected chi connectivity index (χ2v) is 8.48. The molecule has 2 heterocycles. The van der Waals surface area contributed by atoms with E-state index in [1.807, 2.05) is 23.1 Å². The first-order chi connectivity index (χ1) is 9.98. The minimum atomic E-state index is -3.15. The summed E-state index contributed by atoms with van der Waals surface area (Å²) >= 11 is 1.68. The van der Waals surface area contributed by atoms with E-state index in [2.05, 4.69) is 4.98 Å². The number of rotatable bonds is 2. The number of nitrogen functional groups attached to an aromatic ring is 1. The van der Waals surface area contributed by atoms with Crippen LogP contribution in [-0.4, -0.2) is 43.1 Å². The van der Waals surface area contributed by atoms with Crippen LogP contribution in [-0.2, 0) is 9.84 Å². The largest absolute Gasteiger partial charge is 0.397 e. The predicted molar refractivity (Wildman–Crippen MR) is 89.5 cm³/mol. The lowest BCUT2D eigenvalue weighted by Gasteiger charge is -2.36. The van der Waals surface area contributed by atoms with Crippen LogP contribution in [0.1, 0.15) is 0 Å². The fourth-order valence-electron chi connectivity index (χ4n) is 2.64. The van der Waals surface area contributed by atoms with E-state index in [1.54, 1.807) is 24.0 Å². The summed E-state index contributed by atoms with van der Waals surface area (Å²) in [5.41, 5.74) is 8.19. The molecular weight excluding hydrogens is 306 g/mol. The molecular formula is C14H17N3O2S2. The lowest BCUT2D eigenvalue weighted by atomic mass is 10.1. The van der Waals surface area contributed by atoms with Crippen LogP contribution in [0.5, 0.6) is 0 Å². The monoisotopic (exact) mass is 323 g/mol. The fourth-order valence-corrected chi connectivity index (χ4v) is 5.47. The van der Waals surface area contributed by atoms with Gasteiger partial charge in [0.05, 0.1) is 11.2 Å². The van der Waals surface area contributed by atoms with Crippen molar-refractivity contribution in [2.75, 3.05) is 34.9 Å². The number of hydrogen-bond donors (Lipinski definition) is 1. The molecule has 0 saturated carbocycles. The number of sulfone groups is 1. The van der Waals surface area contributed by atoms with Crippen molar-refractivity contribution in [3.8, 4) is 0 Å². The van der Waals surface area contributed by atoms with E-state index in [0.717, 1.165) is 22.3 Å². The molecule has 0 bridgehead atoms. The molecule has 2 N–H and O–H groups in total. The van der Waals surface area contributed by atoms with Gasteiger partial charge in [0.1, 0.15) is 5.37 Å². The minimum Gasteiger partial charge on any atom is -0.397 e. The molecule has 1 fully saturated rings. The Labute approximate surface area is 128 Å². The number of hydrogen-bond acceptors (Lipinski definition) is 6. The van der Waals surface area contributed by atoms with E-state index >= 15 is 0 Å². The first kappa shape index (κ1) is 14.5. The topological polar surface area (TPSA) is 76.3 Å². The van der Waals surface area contributed by atoms with Gasteiger partial charge in [-0.3, -0.25) is 4.98 Å². The molecule has 1 unspecified atom stereocenters. The number of fused-ring (bicyclic) bond motifs is 1. The molecule has 1 atom stereocenters. The van der Waals surface area contributed by atoms with Gasteiger partial charge in [-0.05, 0) is 24.3 Å². The normalized spacial score (nSPS) is 19.9. The molecule has 112 valence electrons. The second-order valence-electron chi connectivity index (χ2n) is 5.13. The van der Waals surface area contributed by atoms with E-state index in [9.17, 15) is 8.42 Å². The average Bonchev–Trinajstić information content (AvgIpc) is 2.47. The number of nitrogens with zero attached hydrogens (tertiary/aromatic N) is 2. The molecule has 1 aliphatic heterocycles. The Kier molecular flexibility index (Phi) is 3.71. The van der Waals surface area contributed by atoms with Crippen LogP contribution in [0.3, 0.4) is 0 Å². The summed E-state index contributed by atoms with van der Waals surface area (Å²) in [5, 5.41) is 0.404. The minimum absolute atomic E-state index is 0.497. The maximum absolute atomic E-state index is 12.1. The molecule has 0 spiro atoms. The van der Waals surface area contributed by atoms with Crippen molar-refractivity contribution in [1.82, 2.24) is 4.98 Å². The summed E-state index contributed by atoms with van der Waals surface area (Å²) in [6.45, 7) is 0.705. The smallest absolute Gasteiger partial charge is 0.169 e. The molecule has 1 saturated heterocycles. The summed E-state index contributed by atoms with van der Waals surface area (Å²) in [6, 6.07) is 7.48. The Morgan fingerprint density at radius 1 is 1.38 bits per heavy atom. The highest BCUT2D eigenvalue weighted by Crippen LogP contribution is 2.34. The lowest BCUT2D eigenvalue weighted by molar-refractivity contribution is 0.585. The zero-order valence-corrected chi connectivity index (χ0v) is 13.3. The Morgan fingerprint density at radius 3 is 2.95 bits per heavy atom. The summed E-state index contributed by atoms with van der Waals surface area (Å²) in [6.07, 6.45) is 3.00. The van der Waals surface area contributed by atoms with Gasteiger partial charge in [0, 0.05) is 41.6 Å². The van der Waals surface area contributed by atoms with Crippen molar-refractivity contribution < 1.29 is 8.42 Å². The van der Waals surface area contributed by atoms with Gasteiger partial charge in [-0.1, -0.05) is 0 Å². The number of nitrogens with two attached hydrogens (primary N) is 1. The van der Waals surface area contributed by atoms with Gasteiger partial charge in [0.15, 0.2) is 9.84 Å². The van der Waals surface area contributed by atoms with Gasteiger partial charge >= 0.3 is 0 Å². The zero-order chi connectivity index (χ0) is 15.0. The number of benzene rings is 1. The van der Waals surface area contributed by atoms with Crippen LogP contribution in [0, 0.1) is 0 Å². The Bertz CT molecular complexity index is 777. The van der Waals surface area contributed by atoms with Crippen LogP contribution in [0.25, 0.3) is 10.9 Å². The van der Waals surface area contributed by atoms with Crippen molar-refractivity contribution >= 4 is 43.9 Å². The fraction of sp³-hybridized carbons (Fsp3) is 0.357. The van der Waals surface area contributed by atoms with E-state index in [4.69, 9.17) is 5.73 Å². The zero-order valence-electron chi connectivity index (χ0n) is 11.7. The molecule has 3 rings (SSSR count). The molecule has 0 radical (unpaired) electrons. The maximum atomic E-state index is 12.1. The average molecular weight is 323 g/mol. The van der Waals surface area contributed by atoms with Crippen molar-refractivity contribution in [2.24, 2.45) is 0 Å². The SMILES string of the molecule is CS(=O)(=O)C1CSCCN1c1ccc(N)c2ncccc12. The van der Waals surface area contributed by atoms with Crippen LogP contribution in [0.2, 0.25) is 0 Å². The maximum Gasteiger partial charge on any atom is 0.169 e. The van der Waals surface area contributed by atoms with Crippen LogP contribution in [0.15, 0.2) is 30.5 Å². The highest BCUT2D eigenvalue weighted by atomic mass is 32.2. The highest BCUT2D eigenvalue weighted by molar-refractivity contribution is 8.01. The van der Waals surface area contributed by atoms with Gasteiger partial charge in [0.2, 0.25) is 0 Å². The predicted octanol–water partition coefficient (Wildman–Crippen LogP) is 1.74. The van der Waals surface area contributed by atoms with Crippen molar-refractivity contribution in [3.05, 3.63) is 30.5 Å². The molecule has 21 heavy (non-hydrogen) atoms. The van der Waals surface area contributed by atoms with E-state index < -0.39 is 15.2 Å². The van der Waals surface area contributed by atoms with Gasteiger partial charge in [-0.15, -0.1) is 0 Å². The van der Waals surface area contributed by atoms with Crippen molar-refractivity contribution in [3.63, 3.8) is 0 Å². The third kappa shape index (κ3) is 2.67. The molecule has 2 aromatic rings. The lowest BCUT2D eigenvalue weighted by Crippen LogP contribution is -2.47. The Morgan fingerprint density at radius 2 is 2.19 bits per heavy atom. The van der Waals surface area contributed by atoms with E-state index in [-0.39, 0.29) is 0 Å². The third-order valence-electron chi connectivity index (χ3n) is 3.67. The van der Waals surface area contributed by atoms with E-state index in [0.29, 0.717) is 18.0 Å². The molecule has 1 aromatic heterocycles. The van der Waals surface area contributed by atoms with Gasteiger partial charge in [0.25, 0.3) is 0 Å². The summed E-state index contributed by atoms with van der Waals surface area (Å²) < 4.78 is 24.2. The molecule has 1 aliphatic rings. The quantitative estimate of drug-likeness (QED) is 0.849. The van der Waals surface area contributed by atoms with Gasteiger partial charge in [-0.2, -0.15) is 11.8 Å². The molecule has 0 amide bonds. The number of thioether (sulfide) groups is 1. The van der Waals surface area contributed by atoms with Gasteiger partial charge in [-0.25, -0.2) is 8.42 Å². The molecule has 1 aromatic carbocycles. The summed E-state index contributed by atoms with van der Waals surface area (Å²) in [4.78, 5) is 6.28. The van der Waals surface area contributed by atoms with E-state index in [1.165, 1.54) is 6.26 Å². The highest BCUT2D eigenvalue weighted by Gasteiger charge is 2.32. The Hall–Kier alpha value is -1.47. The molecule has 7 heteroatoms. The van der Waals surface area contributed by atoms with Crippen LogP contribution in [0.4, 0.5) is 11.4 Å². The number of aromatic nitrogens is 1. The van der Waals surface area contributed by atoms with Crippen molar-refractivity contribution in [1.29, 1.82) is 0 Å². The standard InChI is InChI=1S/C14H17N3O2S2/c1-21(18,19)13-9-20-8-7-17(13)12-5-4-11(15)14-10(12)3-2-6-16-14/h2-6,13H,7-9,15H2,1H3. The first-order valence-corrected chi connectivity index (χ1v) is 9.76. The summed E-state index contributed by atoms with van der Waals surface area (Å²) in [7, 11) is -3.15. The van der Waals surface area contributed by atoms with Crippen LogP contribution < -0.4 is 10.6 Å². The number of anilines is 2. The molecule has 0 aliphatic carbocycles. The first-order valence-electron chi connectivity index (χ1n) is 6.65. The van der Waals surface area contributed by atoms with Gasteiger partial charge < -0.3 is 10.6 Å². The van der Waals surface area contributed by atoms with Crippen molar-refractivity contribution in [2.45, 2.75) is 5.37 Å². The summed E-state index contributed by atoms with van der Waals surface area (Å²) in [5.74, 6) is 1.50.